The average molecular weight is 400 g/mol. The van der Waals surface area contributed by atoms with Crippen LogP contribution in [0.4, 0.5) is 8.78 Å². The van der Waals surface area contributed by atoms with E-state index >= 15 is 0 Å². The van der Waals surface area contributed by atoms with E-state index in [0.29, 0.717) is 0 Å². The van der Waals surface area contributed by atoms with Crippen molar-refractivity contribution in [3.8, 4) is 22.7 Å². The Kier molecular flexibility index (Phi) is 4.70. The van der Waals surface area contributed by atoms with E-state index in [1.807, 2.05) is 0 Å². The zero-order valence-electron chi connectivity index (χ0n) is 13.3. The monoisotopic (exact) mass is 399 g/mol. The fourth-order valence-electron chi connectivity index (χ4n) is 2.54. The zero-order chi connectivity index (χ0) is 19.1. The van der Waals surface area contributed by atoms with Gasteiger partial charge in [-0.2, -0.15) is 5.10 Å². The van der Waals surface area contributed by atoms with Gasteiger partial charge in [0.25, 0.3) is 0 Å². The normalized spacial score (nSPS) is 11.6. The highest BCUT2D eigenvalue weighted by atomic mass is 35.5. The third-order valence-electron chi connectivity index (χ3n) is 3.60. The van der Waals surface area contributed by atoms with Crippen molar-refractivity contribution in [1.29, 1.82) is 0 Å². The second-order valence-electron chi connectivity index (χ2n) is 5.24. The summed E-state index contributed by atoms with van der Waals surface area (Å²) in [6.07, 6.45) is 1.23. The van der Waals surface area contributed by atoms with Gasteiger partial charge in [0.05, 0.1) is 29.7 Å². The fourth-order valence-corrected chi connectivity index (χ4v) is 3.48. The SMILES string of the molecule is COc1c(F)cc(-c2c(Cl)cnn2-c2ccccc2S(N)(=O)=O)cc1F. The van der Waals surface area contributed by atoms with Crippen molar-refractivity contribution >= 4 is 21.6 Å². The first kappa shape index (κ1) is 18.3. The van der Waals surface area contributed by atoms with Crippen LogP contribution >= 0.6 is 11.6 Å². The Hall–Kier alpha value is -2.49. The highest BCUT2D eigenvalue weighted by Crippen LogP contribution is 2.35. The van der Waals surface area contributed by atoms with E-state index < -0.39 is 27.4 Å². The van der Waals surface area contributed by atoms with Crippen LogP contribution in [0.2, 0.25) is 5.02 Å². The highest BCUT2D eigenvalue weighted by molar-refractivity contribution is 7.89. The lowest BCUT2D eigenvalue weighted by atomic mass is 10.1. The molecule has 0 saturated heterocycles. The van der Waals surface area contributed by atoms with E-state index in [1.54, 1.807) is 6.07 Å². The predicted octanol–water partition coefficient (Wildman–Crippen LogP) is 3.13. The van der Waals surface area contributed by atoms with Gasteiger partial charge in [0.2, 0.25) is 10.0 Å². The molecule has 0 bridgehead atoms. The second-order valence-corrected chi connectivity index (χ2v) is 7.18. The van der Waals surface area contributed by atoms with Crippen LogP contribution in [0.5, 0.6) is 5.75 Å². The summed E-state index contributed by atoms with van der Waals surface area (Å²) in [4.78, 5) is -0.213. The quantitative estimate of drug-likeness (QED) is 0.730. The van der Waals surface area contributed by atoms with Gasteiger partial charge in [-0.1, -0.05) is 23.7 Å². The van der Waals surface area contributed by atoms with E-state index in [-0.39, 0.29) is 26.9 Å². The Morgan fingerprint density at radius 2 is 1.81 bits per heavy atom. The molecule has 136 valence electrons. The molecular weight excluding hydrogens is 388 g/mol. The summed E-state index contributed by atoms with van der Waals surface area (Å²) in [6.45, 7) is 0. The molecular formula is C16H12ClF2N3O3S. The summed E-state index contributed by atoms with van der Waals surface area (Å²) >= 11 is 6.13. The molecule has 0 unspecified atom stereocenters. The van der Waals surface area contributed by atoms with Gasteiger partial charge >= 0.3 is 0 Å². The van der Waals surface area contributed by atoms with Gasteiger partial charge < -0.3 is 4.74 Å². The Bertz CT molecular complexity index is 1080. The number of rotatable bonds is 4. The molecule has 0 saturated carbocycles. The number of nitrogens with zero attached hydrogens (tertiary/aromatic N) is 2. The highest BCUT2D eigenvalue weighted by Gasteiger charge is 2.22. The summed E-state index contributed by atoms with van der Waals surface area (Å²) in [7, 11) is -2.93. The summed E-state index contributed by atoms with van der Waals surface area (Å²) in [5.41, 5.74) is 0.240. The van der Waals surface area contributed by atoms with Gasteiger partial charge in [-0.3, -0.25) is 0 Å². The molecule has 2 aromatic carbocycles. The molecule has 3 rings (SSSR count). The molecule has 0 aliphatic carbocycles. The minimum absolute atomic E-state index is 0.0486. The molecule has 0 aliphatic heterocycles. The molecule has 1 aromatic heterocycles. The van der Waals surface area contributed by atoms with Crippen LogP contribution in [-0.4, -0.2) is 25.3 Å². The van der Waals surface area contributed by atoms with Crippen molar-refractivity contribution in [2.45, 2.75) is 4.90 Å². The van der Waals surface area contributed by atoms with Crippen LogP contribution in [0, 0.1) is 11.6 Å². The number of aromatic nitrogens is 2. The Balaban J connectivity index is 2.29. The van der Waals surface area contributed by atoms with Gasteiger partial charge in [0.1, 0.15) is 4.90 Å². The van der Waals surface area contributed by atoms with E-state index in [2.05, 4.69) is 9.84 Å². The number of primary sulfonamides is 1. The maximum atomic E-state index is 14.1. The molecule has 0 spiro atoms. The summed E-state index contributed by atoms with van der Waals surface area (Å²) < 4.78 is 57.7. The number of nitrogens with two attached hydrogens (primary N) is 1. The number of benzene rings is 2. The lowest BCUT2D eigenvalue weighted by Gasteiger charge is -2.13. The lowest BCUT2D eigenvalue weighted by Crippen LogP contribution is -2.16. The van der Waals surface area contributed by atoms with Gasteiger partial charge in [-0.05, 0) is 24.3 Å². The maximum absolute atomic E-state index is 14.1. The van der Waals surface area contributed by atoms with Crippen LogP contribution in [0.25, 0.3) is 16.9 Å². The van der Waals surface area contributed by atoms with Crippen molar-refractivity contribution in [2.24, 2.45) is 5.14 Å². The first-order chi connectivity index (χ1) is 12.2. The molecule has 0 atom stereocenters. The third kappa shape index (κ3) is 3.16. The van der Waals surface area contributed by atoms with Crippen molar-refractivity contribution in [3.05, 3.63) is 59.3 Å². The van der Waals surface area contributed by atoms with Gasteiger partial charge in [-0.15, -0.1) is 0 Å². The summed E-state index contributed by atoms with van der Waals surface area (Å²) in [6, 6.07) is 7.82. The van der Waals surface area contributed by atoms with E-state index in [0.717, 1.165) is 23.9 Å². The number of hydrogen-bond donors (Lipinski definition) is 1. The first-order valence-corrected chi connectivity index (χ1v) is 9.05. The van der Waals surface area contributed by atoms with E-state index in [1.165, 1.54) is 24.4 Å². The fraction of sp³-hybridized carbons (Fsp3) is 0.0625. The summed E-state index contributed by atoms with van der Waals surface area (Å²) in [5.74, 6) is -2.42. The molecule has 1 heterocycles. The molecule has 26 heavy (non-hydrogen) atoms. The number of ether oxygens (including phenoxy) is 1. The van der Waals surface area contributed by atoms with Gasteiger partial charge in [0.15, 0.2) is 17.4 Å². The zero-order valence-corrected chi connectivity index (χ0v) is 14.9. The number of halogens is 3. The van der Waals surface area contributed by atoms with Crippen LogP contribution in [-0.2, 0) is 10.0 Å². The van der Waals surface area contributed by atoms with Crippen LogP contribution < -0.4 is 9.88 Å². The Labute approximate surface area is 152 Å². The number of hydrogen-bond acceptors (Lipinski definition) is 4. The van der Waals surface area contributed by atoms with Crippen LogP contribution in [0.15, 0.2) is 47.5 Å². The van der Waals surface area contributed by atoms with Crippen LogP contribution in [0.3, 0.4) is 0 Å². The van der Waals surface area contributed by atoms with Gasteiger partial charge in [-0.25, -0.2) is 27.0 Å². The van der Waals surface area contributed by atoms with Gasteiger partial charge in [0, 0.05) is 5.56 Å². The van der Waals surface area contributed by atoms with Crippen molar-refractivity contribution in [2.75, 3.05) is 7.11 Å². The molecule has 0 fully saturated rings. The largest absolute Gasteiger partial charge is 0.491 e. The minimum Gasteiger partial charge on any atom is -0.491 e. The predicted molar refractivity (Wildman–Crippen MR) is 91.9 cm³/mol. The molecule has 6 nitrogen and oxygen atoms in total. The Morgan fingerprint density at radius 1 is 1.19 bits per heavy atom. The Morgan fingerprint density at radius 3 is 2.38 bits per heavy atom. The smallest absolute Gasteiger partial charge is 0.240 e. The molecule has 10 heteroatoms. The van der Waals surface area contributed by atoms with Crippen molar-refractivity contribution < 1.29 is 21.9 Å². The summed E-state index contributed by atoms with van der Waals surface area (Å²) in [5, 5.41) is 9.33. The molecule has 2 N–H and O–H groups in total. The van der Waals surface area contributed by atoms with Crippen LogP contribution in [0.1, 0.15) is 0 Å². The second kappa shape index (κ2) is 6.67. The van der Waals surface area contributed by atoms with Crippen molar-refractivity contribution in [3.63, 3.8) is 0 Å². The molecule has 3 aromatic rings. The number of sulfonamides is 1. The van der Waals surface area contributed by atoms with Crippen molar-refractivity contribution in [1.82, 2.24) is 9.78 Å². The lowest BCUT2D eigenvalue weighted by molar-refractivity contribution is 0.360. The average Bonchev–Trinajstić information content (AvgIpc) is 2.95. The molecule has 0 amide bonds. The molecule has 0 radical (unpaired) electrons. The maximum Gasteiger partial charge on any atom is 0.240 e. The van der Waals surface area contributed by atoms with E-state index in [4.69, 9.17) is 16.7 Å². The number of methoxy groups -OCH3 is 1. The standard InChI is InChI=1S/C16H12ClF2N3O3S/c1-25-16-11(18)6-9(7-12(16)19)15-10(17)8-21-22(15)13-4-2-3-5-14(13)26(20,23)24/h2-8H,1H3,(H2,20,23,24). The van der Waals surface area contributed by atoms with E-state index in [9.17, 15) is 17.2 Å². The first-order valence-electron chi connectivity index (χ1n) is 7.13. The third-order valence-corrected chi connectivity index (χ3v) is 4.84. The minimum atomic E-state index is -4.07. The number of para-hydroxylation sites is 1. The topological polar surface area (TPSA) is 87.2 Å². The molecule has 0 aliphatic rings.